The Hall–Kier alpha value is -0.830. The molecule has 0 heterocycles. The molecule has 1 fully saturated rings. The molecule has 1 aliphatic rings. The van der Waals surface area contributed by atoms with Crippen molar-refractivity contribution < 1.29 is 18.0 Å². The highest BCUT2D eigenvalue weighted by molar-refractivity contribution is 5.36. The number of alkyl halides is 3. The van der Waals surface area contributed by atoms with Gasteiger partial charge in [-0.1, -0.05) is 0 Å². The van der Waals surface area contributed by atoms with E-state index in [2.05, 4.69) is 4.99 Å². The molecule has 1 aliphatic carbocycles. The lowest BCUT2D eigenvalue weighted by molar-refractivity contribution is -0.136. The van der Waals surface area contributed by atoms with Crippen LogP contribution >= 0.6 is 0 Å². The fourth-order valence-electron chi connectivity index (χ4n) is 1.03. The van der Waals surface area contributed by atoms with Crippen LogP contribution in [0.3, 0.4) is 0 Å². The van der Waals surface area contributed by atoms with Gasteiger partial charge in [0, 0.05) is 6.42 Å². The Bertz CT molecular complexity index is 213. The maximum atomic E-state index is 11.7. The van der Waals surface area contributed by atoms with Gasteiger partial charge in [-0.05, 0) is 19.3 Å². The molecular formula is C7H8F3NO. The average molecular weight is 179 g/mol. The van der Waals surface area contributed by atoms with E-state index in [0.717, 1.165) is 0 Å². The Kier molecular flexibility index (Phi) is 2.24. The van der Waals surface area contributed by atoms with Gasteiger partial charge in [0.2, 0.25) is 6.08 Å². The van der Waals surface area contributed by atoms with Crippen LogP contribution in [0.15, 0.2) is 4.99 Å². The van der Waals surface area contributed by atoms with Gasteiger partial charge < -0.3 is 0 Å². The van der Waals surface area contributed by atoms with E-state index in [1.54, 1.807) is 0 Å². The summed E-state index contributed by atoms with van der Waals surface area (Å²) in [5, 5.41) is 0. The summed E-state index contributed by atoms with van der Waals surface area (Å²) in [5.41, 5.74) is -0.711. The summed E-state index contributed by atoms with van der Waals surface area (Å²) in [6.07, 6.45) is -2.61. The van der Waals surface area contributed by atoms with Crippen molar-refractivity contribution in [2.45, 2.75) is 37.4 Å². The average Bonchev–Trinajstić information content (AvgIpc) is 2.65. The Balaban J connectivity index is 2.37. The summed E-state index contributed by atoms with van der Waals surface area (Å²) < 4.78 is 35.1. The maximum absolute atomic E-state index is 11.7. The van der Waals surface area contributed by atoms with E-state index in [1.165, 1.54) is 6.08 Å². The van der Waals surface area contributed by atoms with E-state index in [1.807, 2.05) is 0 Å². The normalized spacial score (nSPS) is 19.9. The van der Waals surface area contributed by atoms with Crippen molar-refractivity contribution in [2.24, 2.45) is 4.99 Å². The summed E-state index contributed by atoms with van der Waals surface area (Å²) in [7, 11) is 0. The molecule has 0 N–H and O–H groups in total. The summed E-state index contributed by atoms with van der Waals surface area (Å²) in [6.45, 7) is 0. The lowest BCUT2D eigenvalue weighted by atomic mass is 10.1. The van der Waals surface area contributed by atoms with Crippen LogP contribution in [0.25, 0.3) is 0 Å². The van der Waals surface area contributed by atoms with Gasteiger partial charge in [-0.15, -0.1) is 0 Å². The molecule has 1 saturated carbocycles. The van der Waals surface area contributed by atoms with Crippen LogP contribution in [0.1, 0.15) is 25.7 Å². The first kappa shape index (κ1) is 9.26. The van der Waals surface area contributed by atoms with Crippen molar-refractivity contribution in [1.29, 1.82) is 0 Å². The first-order valence-corrected chi connectivity index (χ1v) is 3.63. The summed E-state index contributed by atoms with van der Waals surface area (Å²) >= 11 is 0. The lowest BCUT2D eigenvalue weighted by Gasteiger charge is -2.09. The molecule has 0 amide bonds. The number of hydrogen-bond acceptors (Lipinski definition) is 2. The Morgan fingerprint density at radius 2 is 2.00 bits per heavy atom. The zero-order chi connectivity index (χ0) is 9.24. The molecular weight excluding hydrogens is 171 g/mol. The van der Waals surface area contributed by atoms with Gasteiger partial charge in [0.05, 0.1) is 5.54 Å². The number of aliphatic imine (C=N–C) groups is 1. The van der Waals surface area contributed by atoms with Crippen molar-refractivity contribution in [3.8, 4) is 0 Å². The lowest BCUT2D eigenvalue weighted by Crippen LogP contribution is -2.13. The zero-order valence-corrected chi connectivity index (χ0v) is 6.32. The van der Waals surface area contributed by atoms with Crippen LogP contribution in [0, 0.1) is 0 Å². The van der Waals surface area contributed by atoms with E-state index < -0.39 is 18.1 Å². The molecule has 0 radical (unpaired) electrons. The number of hydrogen-bond donors (Lipinski definition) is 0. The molecule has 68 valence electrons. The predicted octanol–water partition coefficient (Wildman–Crippen LogP) is 2.20. The highest BCUT2D eigenvalue weighted by Crippen LogP contribution is 2.45. The van der Waals surface area contributed by atoms with Crippen LogP contribution in [0.4, 0.5) is 13.2 Å². The van der Waals surface area contributed by atoms with E-state index in [0.29, 0.717) is 12.8 Å². The molecule has 0 aromatic rings. The molecule has 0 aromatic heterocycles. The third-order valence-electron chi connectivity index (χ3n) is 1.98. The molecule has 0 aromatic carbocycles. The standard InChI is InChI=1S/C7H8F3NO/c8-7(9,10)4-3-6(1-2-6)11-5-12/h1-4H2. The fourth-order valence-corrected chi connectivity index (χ4v) is 1.03. The van der Waals surface area contributed by atoms with Gasteiger partial charge in [-0.2, -0.15) is 18.2 Å². The summed E-state index contributed by atoms with van der Waals surface area (Å²) in [6, 6.07) is 0. The quantitative estimate of drug-likeness (QED) is 0.482. The minimum absolute atomic E-state index is 0.0776. The topological polar surface area (TPSA) is 29.4 Å². The van der Waals surface area contributed by atoms with Gasteiger partial charge in [0.25, 0.3) is 0 Å². The van der Waals surface area contributed by atoms with Gasteiger partial charge in [-0.3, -0.25) is 0 Å². The van der Waals surface area contributed by atoms with Crippen LogP contribution < -0.4 is 0 Å². The predicted molar refractivity (Wildman–Crippen MR) is 35.4 cm³/mol. The third-order valence-corrected chi connectivity index (χ3v) is 1.98. The molecule has 0 bridgehead atoms. The third kappa shape index (κ3) is 2.66. The molecule has 0 unspecified atom stereocenters. The molecule has 5 heteroatoms. The smallest absolute Gasteiger partial charge is 0.211 e. The van der Waals surface area contributed by atoms with Crippen LogP contribution in [-0.4, -0.2) is 17.8 Å². The second-order valence-corrected chi connectivity index (χ2v) is 3.04. The number of carbonyl (C=O) groups excluding carboxylic acids is 1. The van der Waals surface area contributed by atoms with Crippen molar-refractivity contribution in [1.82, 2.24) is 0 Å². The van der Waals surface area contributed by atoms with Crippen LogP contribution in [-0.2, 0) is 4.79 Å². The number of nitrogens with zero attached hydrogens (tertiary/aromatic N) is 1. The minimum Gasteiger partial charge on any atom is -0.211 e. The zero-order valence-electron chi connectivity index (χ0n) is 6.32. The second-order valence-electron chi connectivity index (χ2n) is 3.04. The minimum atomic E-state index is -4.14. The molecule has 2 nitrogen and oxygen atoms in total. The summed E-state index contributed by atoms with van der Waals surface area (Å²) in [4.78, 5) is 13.2. The Morgan fingerprint density at radius 3 is 2.33 bits per heavy atom. The molecule has 1 rings (SSSR count). The molecule has 0 atom stereocenters. The molecule has 0 spiro atoms. The Labute approximate surface area is 67.5 Å². The SMILES string of the molecule is O=C=NC1(CCC(F)(F)F)CC1. The van der Waals surface area contributed by atoms with Gasteiger partial charge in [-0.25, -0.2) is 4.79 Å². The van der Waals surface area contributed by atoms with Gasteiger partial charge >= 0.3 is 6.18 Å². The van der Waals surface area contributed by atoms with E-state index >= 15 is 0 Å². The van der Waals surface area contributed by atoms with Gasteiger partial charge in [0.1, 0.15) is 0 Å². The molecule has 0 aliphatic heterocycles. The highest BCUT2D eigenvalue weighted by atomic mass is 19.4. The van der Waals surface area contributed by atoms with E-state index in [4.69, 9.17) is 0 Å². The van der Waals surface area contributed by atoms with Crippen LogP contribution in [0.5, 0.6) is 0 Å². The first-order chi connectivity index (χ1) is 5.47. The van der Waals surface area contributed by atoms with E-state index in [9.17, 15) is 18.0 Å². The number of halogens is 3. The number of isocyanates is 1. The first-order valence-electron chi connectivity index (χ1n) is 3.63. The second kappa shape index (κ2) is 2.90. The summed E-state index contributed by atoms with van der Waals surface area (Å²) in [5.74, 6) is 0. The van der Waals surface area contributed by atoms with Gasteiger partial charge in [0.15, 0.2) is 0 Å². The van der Waals surface area contributed by atoms with Crippen LogP contribution in [0.2, 0.25) is 0 Å². The number of rotatable bonds is 3. The molecule has 0 saturated heterocycles. The van der Waals surface area contributed by atoms with Crippen molar-refractivity contribution in [3.63, 3.8) is 0 Å². The monoisotopic (exact) mass is 179 g/mol. The molecule has 12 heavy (non-hydrogen) atoms. The Morgan fingerprint density at radius 1 is 1.42 bits per heavy atom. The fraction of sp³-hybridized carbons (Fsp3) is 0.857. The van der Waals surface area contributed by atoms with Crippen molar-refractivity contribution >= 4 is 6.08 Å². The van der Waals surface area contributed by atoms with Crippen molar-refractivity contribution in [3.05, 3.63) is 0 Å². The largest absolute Gasteiger partial charge is 0.389 e. The van der Waals surface area contributed by atoms with Crippen molar-refractivity contribution in [2.75, 3.05) is 0 Å². The van der Waals surface area contributed by atoms with E-state index in [-0.39, 0.29) is 6.42 Å². The maximum Gasteiger partial charge on any atom is 0.389 e. The highest BCUT2D eigenvalue weighted by Gasteiger charge is 2.45.